The standard InChI is InChI=1S/C12H11NO3/c1-16-12(15)10-6-2-4-9(8-10)5-3-7-11(13)14/h2,4,6,8H,7H2,1H3,(H2,13,14). The Kier molecular flexibility index (Phi) is 4.10. The number of hydrogen-bond donors (Lipinski definition) is 1. The zero-order valence-corrected chi connectivity index (χ0v) is 8.82. The van der Waals surface area contributed by atoms with Crippen molar-refractivity contribution in [3.8, 4) is 11.8 Å². The highest BCUT2D eigenvalue weighted by Gasteiger charge is 2.03. The molecule has 0 spiro atoms. The molecule has 0 radical (unpaired) electrons. The van der Waals surface area contributed by atoms with Gasteiger partial charge in [0, 0.05) is 5.56 Å². The fourth-order valence-electron chi connectivity index (χ4n) is 1.08. The van der Waals surface area contributed by atoms with Gasteiger partial charge in [0.15, 0.2) is 0 Å². The number of carbonyl (C=O) groups is 2. The highest BCUT2D eigenvalue weighted by molar-refractivity contribution is 5.89. The predicted molar refractivity (Wildman–Crippen MR) is 58.5 cm³/mol. The van der Waals surface area contributed by atoms with Crippen molar-refractivity contribution in [2.45, 2.75) is 6.42 Å². The second kappa shape index (κ2) is 5.56. The summed E-state index contributed by atoms with van der Waals surface area (Å²) in [6.07, 6.45) is 0.00243. The number of nitrogens with two attached hydrogens (primary N) is 1. The lowest BCUT2D eigenvalue weighted by molar-refractivity contribution is -0.117. The van der Waals surface area contributed by atoms with E-state index in [0.717, 1.165) is 0 Å². The van der Waals surface area contributed by atoms with Crippen LogP contribution in [0, 0.1) is 11.8 Å². The smallest absolute Gasteiger partial charge is 0.337 e. The molecule has 1 rings (SSSR count). The van der Waals surface area contributed by atoms with Crippen LogP contribution in [0.4, 0.5) is 0 Å². The minimum atomic E-state index is -0.475. The first-order chi connectivity index (χ1) is 7.63. The van der Waals surface area contributed by atoms with Gasteiger partial charge in [0.1, 0.15) is 0 Å². The molecule has 0 aliphatic heterocycles. The lowest BCUT2D eigenvalue weighted by atomic mass is 10.1. The van der Waals surface area contributed by atoms with Gasteiger partial charge in [-0.25, -0.2) is 4.79 Å². The van der Waals surface area contributed by atoms with Gasteiger partial charge in [0.05, 0.1) is 19.1 Å². The molecule has 0 aromatic heterocycles. The van der Waals surface area contributed by atoms with Crippen LogP contribution >= 0.6 is 0 Å². The third kappa shape index (κ3) is 3.46. The molecule has 4 nitrogen and oxygen atoms in total. The van der Waals surface area contributed by atoms with Gasteiger partial charge in [-0.1, -0.05) is 17.9 Å². The third-order valence-corrected chi connectivity index (χ3v) is 1.78. The lowest BCUT2D eigenvalue weighted by Gasteiger charge is -1.98. The topological polar surface area (TPSA) is 69.4 Å². The molecule has 0 saturated carbocycles. The Morgan fingerprint density at radius 2 is 2.19 bits per heavy atom. The number of primary amides is 1. The van der Waals surface area contributed by atoms with Crippen molar-refractivity contribution in [2.75, 3.05) is 7.11 Å². The molecule has 0 aliphatic rings. The molecule has 0 saturated heterocycles. The van der Waals surface area contributed by atoms with E-state index < -0.39 is 11.9 Å². The maximum Gasteiger partial charge on any atom is 0.337 e. The number of benzene rings is 1. The molecule has 1 aromatic carbocycles. The molecule has 0 heterocycles. The summed E-state index contributed by atoms with van der Waals surface area (Å²) in [5.74, 6) is 4.45. The number of amides is 1. The van der Waals surface area contributed by atoms with Crippen molar-refractivity contribution < 1.29 is 14.3 Å². The molecule has 16 heavy (non-hydrogen) atoms. The molecule has 0 bridgehead atoms. The van der Waals surface area contributed by atoms with Crippen molar-refractivity contribution in [2.24, 2.45) is 5.73 Å². The van der Waals surface area contributed by atoms with Crippen LogP contribution in [0.2, 0.25) is 0 Å². The van der Waals surface area contributed by atoms with E-state index in [-0.39, 0.29) is 6.42 Å². The fourth-order valence-corrected chi connectivity index (χ4v) is 1.08. The summed E-state index contributed by atoms with van der Waals surface area (Å²) in [6, 6.07) is 6.66. The van der Waals surface area contributed by atoms with Crippen molar-refractivity contribution in [3.63, 3.8) is 0 Å². The maximum absolute atomic E-state index is 11.2. The number of methoxy groups -OCH3 is 1. The molecular formula is C12H11NO3. The second-order valence-corrected chi connectivity index (χ2v) is 3.02. The minimum absolute atomic E-state index is 0.00243. The van der Waals surface area contributed by atoms with Crippen LogP contribution in [-0.4, -0.2) is 19.0 Å². The van der Waals surface area contributed by atoms with Crippen molar-refractivity contribution in [1.29, 1.82) is 0 Å². The molecule has 0 fully saturated rings. The third-order valence-electron chi connectivity index (χ3n) is 1.78. The Bertz CT molecular complexity index is 469. The minimum Gasteiger partial charge on any atom is -0.465 e. The zero-order chi connectivity index (χ0) is 12.0. The summed E-state index contributed by atoms with van der Waals surface area (Å²) in [5.41, 5.74) is 6.01. The van der Waals surface area contributed by atoms with Gasteiger partial charge in [-0.3, -0.25) is 4.79 Å². The van der Waals surface area contributed by atoms with Crippen LogP contribution in [0.15, 0.2) is 24.3 Å². The zero-order valence-electron chi connectivity index (χ0n) is 8.82. The summed E-state index contributed by atoms with van der Waals surface area (Å²) in [4.78, 5) is 21.7. The van der Waals surface area contributed by atoms with Crippen molar-refractivity contribution in [3.05, 3.63) is 35.4 Å². The number of ether oxygens (including phenoxy) is 1. The van der Waals surface area contributed by atoms with Crippen LogP contribution in [0.1, 0.15) is 22.3 Å². The van der Waals surface area contributed by atoms with Gasteiger partial charge < -0.3 is 10.5 Å². The monoisotopic (exact) mass is 217 g/mol. The van der Waals surface area contributed by atoms with Crippen LogP contribution in [-0.2, 0) is 9.53 Å². The maximum atomic E-state index is 11.2. The quantitative estimate of drug-likeness (QED) is 0.585. The van der Waals surface area contributed by atoms with Crippen LogP contribution in [0.3, 0.4) is 0 Å². The summed E-state index contributed by atoms with van der Waals surface area (Å²) >= 11 is 0. The molecule has 0 aliphatic carbocycles. The van der Waals surface area contributed by atoms with Crippen LogP contribution < -0.4 is 5.73 Å². The van der Waals surface area contributed by atoms with E-state index in [0.29, 0.717) is 11.1 Å². The molecule has 4 heteroatoms. The Morgan fingerprint density at radius 3 is 2.81 bits per heavy atom. The summed E-state index contributed by atoms with van der Waals surface area (Å²) < 4.78 is 4.57. The van der Waals surface area contributed by atoms with E-state index in [9.17, 15) is 9.59 Å². The van der Waals surface area contributed by atoms with Crippen molar-refractivity contribution in [1.82, 2.24) is 0 Å². The summed E-state index contributed by atoms with van der Waals surface area (Å²) in [6.45, 7) is 0. The molecule has 0 atom stereocenters. The van der Waals surface area contributed by atoms with E-state index in [1.165, 1.54) is 7.11 Å². The predicted octanol–water partition coefficient (Wildman–Crippen LogP) is 0.700. The van der Waals surface area contributed by atoms with Gasteiger partial charge in [0.25, 0.3) is 0 Å². The van der Waals surface area contributed by atoms with E-state index in [2.05, 4.69) is 16.6 Å². The average molecular weight is 217 g/mol. The molecule has 0 unspecified atom stereocenters. The van der Waals surface area contributed by atoms with Gasteiger partial charge in [-0.2, -0.15) is 0 Å². The SMILES string of the molecule is COC(=O)c1cccc(C#CCC(N)=O)c1. The first kappa shape index (κ1) is 11.8. The Balaban J connectivity index is 2.85. The fraction of sp³-hybridized carbons (Fsp3) is 0.167. The summed E-state index contributed by atoms with van der Waals surface area (Å²) in [5, 5.41) is 0. The number of hydrogen-bond acceptors (Lipinski definition) is 3. The van der Waals surface area contributed by atoms with E-state index in [4.69, 9.17) is 5.73 Å². The van der Waals surface area contributed by atoms with Gasteiger partial charge in [-0.05, 0) is 18.2 Å². The summed E-state index contributed by atoms with van der Waals surface area (Å²) in [7, 11) is 1.31. The van der Waals surface area contributed by atoms with Gasteiger partial charge >= 0.3 is 5.97 Å². The highest BCUT2D eigenvalue weighted by Crippen LogP contribution is 2.05. The molecule has 82 valence electrons. The number of rotatable bonds is 2. The van der Waals surface area contributed by atoms with E-state index in [1.54, 1.807) is 24.3 Å². The first-order valence-corrected chi connectivity index (χ1v) is 4.59. The number of carbonyl (C=O) groups excluding carboxylic acids is 2. The largest absolute Gasteiger partial charge is 0.465 e. The average Bonchev–Trinajstić information content (AvgIpc) is 2.28. The normalized spacial score (nSPS) is 8.81. The molecule has 2 N–H and O–H groups in total. The van der Waals surface area contributed by atoms with Crippen molar-refractivity contribution >= 4 is 11.9 Å². The first-order valence-electron chi connectivity index (χ1n) is 4.59. The lowest BCUT2D eigenvalue weighted by Crippen LogP contribution is -2.08. The van der Waals surface area contributed by atoms with Crippen LogP contribution in [0.5, 0.6) is 0 Å². The van der Waals surface area contributed by atoms with Crippen LogP contribution in [0.25, 0.3) is 0 Å². The Morgan fingerprint density at radius 1 is 1.44 bits per heavy atom. The van der Waals surface area contributed by atoms with E-state index >= 15 is 0 Å². The Hall–Kier alpha value is -2.28. The second-order valence-electron chi connectivity index (χ2n) is 3.02. The van der Waals surface area contributed by atoms with Gasteiger partial charge in [-0.15, -0.1) is 0 Å². The van der Waals surface area contributed by atoms with Gasteiger partial charge in [0.2, 0.25) is 5.91 Å². The Labute approximate surface area is 93.4 Å². The molecular weight excluding hydrogens is 206 g/mol. The molecule has 1 aromatic rings. The highest BCUT2D eigenvalue weighted by atomic mass is 16.5. The van der Waals surface area contributed by atoms with E-state index in [1.807, 2.05) is 0 Å². The molecule has 1 amide bonds. The number of esters is 1.